The van der Waals surface area contributed by atoms with Crippen LogP contribution in [-0.2, 0) is 14.3 Å². The molecule has 0 amide bonds. The van der Waals surface area contributed by atoms with Gasteiger partial charge in [0.1, 0.15) is 0 Å². The van der Waals surface area contributed by atoms with Crippen molar-refractivity contribution in [3.63, 3.8) is 0 Å². The summed E-state index contributed by atoms with van der Waals surface area (Å²) in [7, 11) is 0. The van der Waals surface area contributed by atoms with Crippen molar-refractivity contribution in [2.75, 3.05) is 0 Å². The van der Waals surface area contributed by atoms with E-state index < -0.39 is 72.6 Å². The van der Waals surface area contributed by atoms with Gasteiger partial charge in [-0.05, 0) is 20.3 Å². The number of ether oxygens (including phenoxy) is 2. The Morgan fingerprint density at radius 3 is 1.65 bits per heavy atom. The number of alkyl halides is 13. The number of hydrogen-bond acceptors (Lipinski definition) is 4. The van der Waals surface area contributed by atoms with E-state index in [-0.39, 0.29) is 6.92 Å². The van der Waals surface area contributed by atoms with Gasteiger partial charge in [-0.15, -0.1) is 0 Å². The van der Waals surface area contributed by atoms with Crippen LogP contribution in [0.4, 0.5) is 57.1 Å². The van der Waals surface area contributed by atoms with Crippen molar-refractivity contribution in [2.45, 2.75) is 75.1 Å². The second-order valence-electron chi connectivity index (χ2n) is 6.99. The van der Waals surface area contributed by atoms with Gasteiger partial charge in [0.05, 0.1) is 0 Å². The lowest BCUT2D eigenvalue weighted by atomic mass is 9.81. The van der Waals surface area contributed by atoms with Crippen LogP contribution >= 0.6 is 0 Å². The summed E-state index contributed by atoms with van der Waals surface area (Å²) in [5.74, 6) is -22.2. The second kappa shape index (κ2) is 6.99. The molecule has 1 N–H and O–H groups in total. The van der Waals surface area contributed by atoms with Crippen LogP contribution in [-0.4, -0.2) is 58.9 Å². The minimum Gasteiger partial charge on any atom is -0.448 e. The van der Waals surface area contributed by atoms with Crippen LogP contribution in [0.2, 0.25) is 0 Å². The molecular formula is C14H13F13O4. The van der Waals surface area contributed by atoms with Crippen molar-refractivity contribution in [1.82, 2.24) is 0 Å². The Morgan fingerprint density at radius 2 is 1.35 bits per heavy atom. The second-order valence-corrected chi connectivity index (χ2v) is 6.99. The maximum atomic E-state index is 14.4. The summed E-state index contributed by atoms with van der Waals surface area (Å²) >= 11 is 0. The fraction of sp³-hybridized carbons (Fsp3) is 0.929. The average molecular weight is 492 g/mol. The van der Waals surface area contributed by atoms with Gasteiger partial charge in [0, 0.05) is 0 Å². The Kier molecular flexibility index (Phi) is 6.20. The Labute approximate surface area is 164 Å². The first-order valence-corrected chi connectivity index (χ1v) is 7.87. The third kappa shape index (κ3) is 3.60. The lowest BCUT2D eigenvalue weighted by Gasteiger charge is -2.54. The van der Waals surface area contributed by atoms with Gasteiger partial charge in [-0.1, -0.05) is 6.92 Å². The smallest absolute Gasteiger partial charge is 0.448 e. The third-order valence-corrected chi connectivity index (χ3v) is 5.03. The number of carbonyl (C=O) groups excluding carboxylic acids is 1. The summed E-state index contributed by atoms with van der Waals surface area (Å²) < 4.78 is 181. The minimum absolute atomic E-state index is 0.0656. The molecular weight excluding hydrogens is 479 g/mol. The van der Waals surface area contributed by atoms with E-state index in [2.05, 4.69) is 9.47 Å². The zero-order valence-corrected chi connectivity index (χ0v) is 15.4. The molecule has 4 unspecified atom stereocenters. The summed E-state index contributed by atoms with van der Waals surface area (Å²) in [6.45, 7) is -0.354. The summed E-state index contributed by atoms with van der Waals surface area (Å²) in [5, 5.41) is 9.23. The monoisotopic (exact) mass is 492 g/mol. The molecule has 4 atom stereocenters. The number of halogens is 13. The van der Waals surface area contributed by atoms with Crippen LogP contribution in [0, 0.1) is 5.41 Å². The molecule has 184 valence electrons. The van der Waals surface area contributed by atoms with Crippen LogP contribution < -0.4 is 0 Å². The normalized spacial score (nSPS) is 33.5. The fourth-order valence-electron chi connectivity index (χ4n) is 2.43. The largest absolute Gasteiger partial charge is 0.449 e. The summed E-state index contributed by atoms with van der Waals surface area (Å²) in [4.78, 5) is 11.8. The van der Waals surface area contributed by atoms with E-state index in [0.717, 1.165) is 0 Å². The van der Waals surface area contributed by atoms with Gasteiger partial charge in [-0.25, -0.2) is 0 Å². The average Bonchev–Trinajstić information content (AvgIpc) is 2.53. The number of rotatable bonds is 3. The van der Waals surface area contributed by atoms with E-state index in [1.165, 1.54) is 0 Å². The third-order valence-electron chi connectivity index (χ3n) is 5.03. The maximum Gasteiger partial charge on any atom is 0.449 e. The van der Waals surface area contributed by atoms with Crippen molar-refractivity contribution in [2.24, 2.45) is 5.41 Å². The molecule has 1 aliphatic rings. The van der Waals surface area contributed by atoms with E-state index in [4.69, 9.17) is 0 Å². The molecule has 0 saturated carbocycles. The Balaban J connectivity index is 3.80. The molecule has 0 bridgehead atoms. The van der Waals surface area contributed by atoms with Crippen molar-refractivity contribution in [1.29, 1.82) is 0 Å². The standard InChI is InChI=1S/C14H13F13O4/c1-4-7(2,12(19,20)21)6(28)30-5-9(15,16)8(3,13(22,23)24)31-11(29,10(5,17)18)14(25,26)27/h5,29H,4H2,1-3H3. The van der Waals surface area contributed by atoms with Crippen molar-refractivity contribution < 1.29 is 76.5 Å². The van der Waals surface area contributed by atoms with Gasteiger partial charge >= 0.3 is 42.1 Å². The van der Waals surface area contributed by atoms with Gasteiger partial charge in [0.15, 0.2) is 5.41 Å². The lowest BCUT2D eigenvalue weighted by molar-refractivity contribution is -0.537. The molecule has 4 nitrogen and oxygen atoms in total. The molecule has 0 aliphatic carbocycles. The SMILES string of the molecule is CCC(C)(C(=O)OC1C(F)(F)C(C)(C(F)(F)F)OC(O)(C(F)(F)F)C1(F)F)C(F)(F)F. The van der Waals surface area contributed by atoms with Gasteiger partial charge in [-0.2, -0.15) is 57.1 Å². The fourth-order valence-corrected chi connectivity index (χ4v) is 2.43. The van der Waals surface area contributed by atoms with Gasteiger partial charge in [0.25, 0.3) is 0 Å². The molecule has 1 heterocycles. The first kappa shape index (κ1) is 27.5. The first-order chi connectivity index (χ1) is 13.3. The molecule has 0 spiro atoms. The molecule has 1 aliphatic heterocycles. The number of carbonyl (C=O) groups is 1. The highest BCUT2D eigenvalue weighted by atomic mass is 19.4. The maximum absolute atomic E-state index is 14.4. The predicted molar refractivity (Wildman–Crippen MR) is 70.8 cm³/mol. The van der Waals surface area contributed by atoms with Crippen LogP contribution in [0.5, 0.6) is 0 Å². The molecule has 1 saturated heterocycles. The Morgan fingerprint density at radius 1 is 0.935 bits per heavy atom. The van der Waals surface area contributed by atoms with Crippen molar-refractivity contribution >= 4 is 5.97 Å². The highest BCUT2D eigenvalue weighted by Gasteiger charge is 2.90. The number of aliphatic hydroxyl groups is 1. The van der Waals surface area contributed by atoms with E-state index in [1.807, 2.05) is 0 Å². The van der Waals surface area contributed by atoms with E-state index in [1.54, 1.807) is 0 Å². The van der Waals surface area contributed by atoms with Crippen LogP contribution in [0.25, 0.3) is 0 Å². The first-order valence-electron chi connectivity index (χ1n) is 7.87. The number of esters is 1. The zero-order valence-electron chi connectivity index (χ0n) is 15.4. The number of hydrogen-bond donors (Lipinski definition) is 1. The van der Waals surface area contributed by atoms with Crippen LogP contribution in [0.15, 0.2) is 0 Å². The molecule has 0 aromatic rings. The van der Waals surface area contributed by atoms with Crippen LogP contribution in [0.1, 0.15) is 27.2 Å². The van der Waals surface area contributed by atoms with E-state index >= 15 is 0 Å². The summed E-state index contributed by atoms with van der Waals surface area (Å²) in [6.07, 6.45) is -25.7. The Hall–Kier alpha value is -1.52. The summed E-state index contributed by atoms with van der Waals surface area (Å²) in [6, 6.07) is 0. The van der Waals surface area contributed by atoms with Gasteiger partial charge in [0.2, 0.25) is 11.7 Å². The highest BCUT2D eigenvalue weighted by molar-refractivity contribution is 5.77. The molecule has 31 heavy (non-hydrogen) atoms. The topological polar surface area (TPSA) is 55.8 Å². The molecule has 1 rings (SSSR count). The zero-order chi connectivity index (χ0) is 25.3. The molecule has 17 heteroatoms. The molecule has 0 aromatic heterocycles. The molecule has 1 fully saturated rings. The van der Waals surface area contributed by atoms with Crippen LogP contribution in [0.3, 0.4) is 0 Å². The minimum atomic E-state index is -6.90. The molecule has 0 radical (unpaired) electrons. The van der Waals surface area contributed by atoms with Crippen molar-refractivity contribution in [3.05, 3.63) is 0 Å². The Bertz CT molecular complexity index is 674. The quantitative estimate of drug-likeness (QED) is 0.457. The lowest BCUT2D eigenvalue weighted by Crippen LogP contribution is -2.82. The van der Waals surface area contributed by atoms with Crippen molar-refractivity contribution in [3.8, 4) is 0 Å². The van der Waals surface area contributed by atoms with Gasteiger partial charge < -0.3 is 14.6 Å². The van der Waals surface area contributed by atoms with E-state index in [9.17, 15) is 67.0 Å². The predicted octanol–water partition coefficient (Wildman–Crippen LogP) is 4.75. The molecule has 0 aromatic carbocycles. The highest BCUT2D eigenvalue weighted by Crippen LogP contribution is 2.62. The van der Waals surface area contributed by atoms with E-state index in [0.29, 0.717) is 6.92 Å². The summed E-state index contributed by atoms with van der Waals surface area (Å²) in [5.41, 5.74) is -9.44. The van der Waals surface area contributed by atoms with Gasteiger partial charge in [-0.3, -0.25) is 4.79 Å².